The summed E-state index contributed by atoms with van der Waals surface area (Å²) in [5, 5.41) is 0. The summed E-state index contributed by atoms with van der Waals surface area (Å²) in [5.74, 6) is 3.54. The predicted octanol–water partition coefficient (Wildman–Crippen LogP) is 7.75. The average Bonchev–Trinajstić information content (AvgIpc) is 3.00. The van der Waals surface area contributed by atoms with Crippen LogP contribution >= 0.6 is 0 Å². The number of hydrogen-bond donors (Lipinski definition) is 0. The molecule has 3 fully saturated rings. The first-order valence-electron chi connectivity index (χ1n) is 11.6. The minimum atomic E-state index is 0.319. The van der Waals surface area contributed by atoms with Crippen molar-refractivity contribution >= 4 is 0 Å². The quantitative estimate of drug-likeness (QED) is 0.405. The highest BCUT2D eigenvalue weighted by molar-refractivity contribution is 5.53. The molecule has 0 heteroatoms. The molecule has 5 aliphatic rings. The Morgan fingerprint density at radius 3 is 1.04 bits per heavy atom. The summed E-state index contributed by atoms with van der Waals surface area (Å²) in [4.78, 5) is 0. The van der Waals surface area contributed by atoms with Gasteiger partial charge in [0.05, 0.1) is 0 Å². The van der Waals surface area contributed by atoms with Crippen molar-refractivity contribution in [1.82, 2.24) is 0 Å². The minimum Gasteiger partial charge on any atom is -0.0765 e. The first-order valence-corrected chi connectivity index (χ1v) is 11.6. The van der Waals surface area contributed by atoms with Gasteiger partial charge in [0.2, 0.25) is 0 Å². The van der Waals surface area contributed by atoms with Crippen LogP contribution in [0.3, 0.4) is 0 Å². The first-order chi connectivity index (χ1) is 12.7. The fourth-order valence-corrected chi connectivity index (χ4v) is 8.52. The van der Waals surface area contributed by atoms with Crippen LogP contribution in [0.2, 0.25) is 0 Å². The van der Waals surface area contributed by atoms with Gasteiger partial charge in [-0.15, -0.1) is 0 Å². The Morgan fingerprint density at radius 2 is 0.750 bits per heavy atom. The monoisotopic (exact) mass is 376 g/mol. The maximum Gasteiger partial charge on any atom is -0.00925 e. The summed E-state index contributed by atoms with van der Waals surface area (Å²) in [6.07, 6.45) is 13.5. The van der Waals surface area contributed by atoms with Gasteiger partial charge in [-0.1, -0.05) is 86.6 Å². The van der Waals surface area contributed by atoms with Gasteiger partial charge in [-0.3, -0.25) is 0 Å². The van der Waals surface area contributed by atoms with Gasteiger partial charge in [0.1, 0.15) is 0 Å². The van der Waals surface area contributed by atoms with Gasteiger partial charge in [-0.2, -0.15) is 0 Å². The average molecular weight is 377 g/mol. The predicted molar refractivity (Wildman–Crippen MR) is 120 cm³/mol. The van der Waals surface area contributed by atoms with E-state index in [4.69, 9.17) is 0 Å². The van der Waals surface area contributed by atoms with E-state index in [2.05, 4.69) is 86.6 Å². The Morgan fingerprint density at radius 1 is 0.500 bits per heavy atom. The molecule has 0 amide bonds. The molecule has 0 radical (unpaired) electrons. The Bertz CT molecular complexity index is 792. The molecule has 0 aliphatic heterocycles. The van der Waals surface area contributed by atoms with Crippen molar-refractivity contribution < 1.29 is 0 Å². The highest BCUT2D eigenvalue weighted by atomic mass is 14.6. The fraction of sp³-hybridized carbons (Fsp3) is 0.714. The molecule has 152 valence electrons. The largest absolute Gasteiger partial charge is 0.0765 e. The molecule has 0 saturated heterocycles. The van der Waals surface area contributed by atoms with E-state index < -0.39 is 0 Å². The molecule has 0 spiro atoms. The van der Waals surface area contributed by atoms with E-state index in [9.17, 15) is 0 Å². The lowest BCUT2D eigenvalue weighted by Gasteiger charge is -2.33. The number of fused-ring (bicyclic) bond motifs is 5. The smallest absolute Gasteiger partial charge is 0.00925 e. The Hall–Kier alpha value is -1.04. The van der Waals surface area contributed by atoms with Crippen molar-refractivity contribution in [2.24, 2.45) is 51.2 Å². The topological polar surface area (TPSA) is 0 Å². The maximum atomic E-state index is 2.75. The zero-order valence-electron chi connectivity index (χ0n) is 19.6. The first kappa shape index (κ1) is 19.0. The van der Waals surface area contributed by atoms with E-state index >= 15 is 0 Å². The molecule has 5 rings (SSSR count). The lowest BCUT2D eigenvalue weighted by molar-refractivity contribution is 0.337. The maximum absolute atomic E-state index is 2.75. The number of hydrogen-bond acceptors (Lipinski definition) is 0. The van der Waals surface area contributed by atoms with E-state index in [1.54, 1.807) is 22.3 Å². The second kappa shape index (κ2) is 5.16. The van der Waals surface area contributed by atoms with Gasteiger partial charge in [0.25, 0.3) is 0 Å². The van der Waals surface area contributed by atoms with Crippen LogP contribution in [0, 0.1) is 51.2 Å². The van der Waals surface area contributed by atoms with Crippen LogP contribution in [0.25, 0.3) is 0 Å². The molecule has 0 nitrogen and oxygen atoms in total. The minimum absolute atomic E-state index is 0.319. The van der Waals surface area contributed by atoms with E-state index in [-0.39, 0.29) is 0 Å². The molecule has 0 heterocycles. The zero-order chi connectivity index (χ0) is 20.4. The van der Waals surface area contributed by atoms with Crippen molar-refractivity contribution in [3.05, 3.63) is 46.6 Å². The summed E-state index contributed by atoms with van der Waals surface area (Å²) in [6.45, 7) is 22.3. The van der Waals surface area contributed by atoms with Crippen LogP contribution < -0.4 is 0 Å². The molecular formula is C28H40. The van der Waals surface area contributed by atoms with Crippen LogP contribution in [-0.2, 0) is 0 Å². The number of rotatable bonds is 0. The van der Waals surface area contributed by atoms with Gasteiger partial charge >= 0.3 is 0 Å². The molecule has 5 aliphatic carbocycles. The van der Waals surface area contributed by atoms with Crippen LogP contribution in [0.1, 0.15) is 75.2 Å². The van der Waals surface area contributed by atoms with Gasteiger partial charge in [0, 0.05) is 0 Å². The molecule has 0 aromatic heterocycles. The molecular weight excluding hydrogens is 336 g/mol. The SMILES string of the molecule is CC1C2C=C3C(=CC2C2C=C4C(=CC12)C(C)(C)CC4(C)C)C(C)(C)CC3(C)C. The second-order valence-electron chi connectivity index (χ2n) is 13.4. The van der Waals surface area contributed by atoms with Crippen LogP contribution in [-0.4, -0.2) is 0 Å². The van der Waals surface area contributed by atoms with Crippen molar-refractivity contribution in [2.75, 3.05) is 0 Å². The number of allylic oxidation sites excluding steroid dienone is 8. The van der Waals surface area contributed by atoms with Crippen molar-refractivity contribution in [3.8, 4) is 0 Å². The highest BCUT2D eigenvalue weighted by Crippen LogP contribution is 2.65. The second-order valence-corrected chi connectivity index (χ2v) is 13.4. The van der Waals surface area contributed by atoms with Crippen LogP contribution in [0.4, 0.5) is 0 Å². The van der Waals surface area contributed by atoms with Gasteiger partial charge in [0.15, 0.2) is 0 Å². The summed E-state index contributed by atoms with van der Waals surface area (Å²) >= 11 is 0. The molecule has 4 unspecified atom stereocenters. The normalized spacial score (nSPS) is 43.1. The van der Waals surface area contributed by atoms with Crippen molar-refractivity contribution in [1.29, 1.82) is 0 Å². The van der Waals surface area contributed by atoms with E-state index in [1.165, 1.54) is 12.8 Å². The Labute approximate surface area is 173 Å². The summed E-state index contributed by atoms with van der Waals surface area (Å²) in [7, 11) is 0. The third-order valence-electron chi connectivity index (χ3n) is 9.25. The highest BCUT2D eigenvalue weighted by Gasteiger charge is 2.55. The standard InChI is InChI=1S/C28H40/c1-16-17-10-21-23(27(6,7)14-25(21,2)3)12-19(17)20-13-24-22(11-18(16)20)26(4,5)15-28(24,8)9/h10-13,16-20H,14-15H2,1-9H3. The van der Waals surface area contributed by atoms with Gasteiger partial charge < -0.3 is 0 Å². The third-order valence-corrected chi connectivity index (χ3v) is 9.25. The molecule has 0 aromatic rings. The van der Waals surface area contributed by atoms with Gasteiger partial charge in [-0.25, -0.2) is 0 Å². The van der Waals surface area contributed by atoms with Crippen molar-refractivity contribution in [2.45, 2.75) is 75.2 Å². The molecule has 0 bridgehead atoms. The molecule has 3 saturated carbocycles. The van der Waals surface area contributed by atoms with Gasteiger partial charge in [-0.05, 0) is 86.4 Å². The Kier molecular flexibility index (Phi) is 3.50. The lowest BCUT2D eigenvalue weighted by Crippen LogP contribution is -2.23. The molecule has 4 atom stereocenters. The summed E-state index contributed by atoms with van der Waals surface area (Å²) < 4.78 is 0. The molecule has 28 heavy (non-hydrogen) atoms. The van der Waals surface area contributed by atoms with Crippen LogP contribution in [0.15, 0.2) is 46.6 Å². The summed E-state index contributed by atoms with van der Waals surface area (Å²) in [5.41, 5.74) is 7.97. The fourth-order valence-electron chi connectivity index (χ4n) is 8.52. The molecule has 0 aromatic carbocycles. The zero-order valence-corrected chi connectivity index (χ0v) is 19.6. The van der Waals surface area contributed by atoms with E-state index in [1.807, 2.05) is 0 Å². The molecule has 0 N–H and O–H groups in total. The van der Waals surface area contributed by atoms with E-state index in [0.717, 1.165) is 5.92 Å². The summed E-state index contributed by atoms with van der Waals surface area (Å²) in [6, 6.07) is 0. The lowest BCUT2D eigenvalue weighted by atomic mass is 9.72. The Balaban J connectivity index is 1.62. The van der Waals surface area contributed by atoms with Crippen molar-refractivity contribution in [3.63, 3.8) is 0 Å². The third kappa shape index (κ3) is 2.30. The van der Waals surface area contributed by atoms with E-state index in [0.29, 0.717) is 45.3 Å². The van der Waals surface area contributed by atoms with Crippen LogP contribution in [0.5, 0.6) is 0 Å².